The van der Waals surface area contributed by atoms with Gasteiger partial charge in [-0.1, -0.05) is 24.8 Å². The van der Waals surface area contributed by atoms with E-state index in [1.807, 2.05) is 18.2 Å². The van der Waals surface area contributed by atoms with E-state index in [-0.39, 0.29) is 11.7 Å². The van der Waals surface area contributed by atoms with Gasteiger partial charge in [0.2, 0.25) is 0 Å². The van der Waals surface area contributed by atoms with E-state index in [0.29, 0.717) is 16.8 Å². The summed E-state index contributed by atoms with van der Waals surface area (Å²) in [5.74, 6) is -0.202. The Morgan fingerprint density at radius 3 is 2.52 bits per heavy atom. The van der Waals surface area contributed by atoms with Gasteiger partial charge in [0.05, 0.1) is 5.56 Å². The van der Waals surface area contributed by atoms with E-state index in [1.165, 1.54) is 6.92 Å². The SMILES string of the molecule is C=Cc1cc(C(C)=O)ccc1NC(=O)c1ccccc1I. The summed E-state index contributed by atoms with van der Waals surface area (Å²) in [6.07, 6.45) is 1.62. The number of carbonyl (C=O) groups is 2. The van der Waals surface area contributed by atoms with Crippen LogP contribution >= 0.6 is 22.6 Å². The molecule has 0 saturated carbocycles. The maximum absolute atomic E-state index is 12.3. The van der Waals surface area contributed by atoms with Crippen molar-refractivity contribution in [1.82, 2.24) is 0 Å². The molecule has 2 rings (SSSR count). The number of nitrogens with one attached hydrogen (secondary N) is 1. The van der Waals surface area contributed by atoms with Crippen molar-refractivity contribution in [3.8, 4) is 0 Å². The van der Waals surface area contributed by atoms with Crippen molar-refractivity contribution in [2.45, 2.75) is 6.92 Å². The van der Waals surface area contributed by atoms with Gasteiger partial charge >= 0.3 is 0 Å². The predicted octanol–water partition coefficient (Wildman–Crippen LogP) is 4.39. The fourth-order valence-electron chi connectivity index (χ4n) is 1.90. The van der Waals surface area contributed by atoms with Gasteiger partial charge in [0.25, 0.3) is 5.91 Å². The van der Waals surface area contributed by atoms with Crippen molar-refractivity contribution in [2.75, 3.05) is 5.32 Å². The summed E-state index contributed by atoms with van der Waals surface area (Å²) >= 11 is 2.12. The van der Waals surface area contributed by atoms with Gasteiger partial charge in [-0.2, -0.15) is 0 Å². The Morgan fingerprint density at radius 2 is 1.90 bits per heavy atom. The average molecular weight is 391 g/mol. The quantitative estimate of drug-likeness (QED) is 0.621. The third-order valence-electron chi connectivity index (χ3n) is 3.04. The zero-order valence-electron chi connectivity index (χ0n) is 11.5. The molecular formula is C17H14INO2. The van der Waals surface area contributed by atoms with Gasteiger partial charge in [-0.25, -0.2) is 0 Å². The Kier molecular flexibility index (Phi) is 4.90. The highest BCUT2D eigenvalue weighted by molar-refractivity contribution is 14.1. The van der Waals surface area contributed by atoms with Crippen LogP contribution in [0.4, 0.5) is 5.69 Å². The van der Waals surface area contributed by atoms with E-state index in [4.69, 9.17) is 0 Å². The van der Waals surface area contributed by atoms with Crippen molar-refractivity contribution < 1.29 is 9.59 Å². The number of anilines is 1. The molecule has 1 amide bonds. The van der Waals surface area contributed by atoms with E-state index >= 15 is 0 Å². The van der Waals surface area contributed by atoms with Gasteiger partial charge in [0.15, 0.2) is 5.78 Å². The molecule has 1 N–H and O–H groups in total. The maximum atomic E-state index is 12.3. The van der Waals surface area contributed by atoms with Crippen LogP contribution in [0, 0.1) is 3.57 Å². The van der Waals surface area contributed by atoms with Gasteiger partial charge < -0.3 is 5.32 Å². The maximum Gasteiger partial charge on any atom is 0.256 e. The number of carbonyl (C=O) groups excluding carboxylic acids is 2. The molecule has 0 radical (unpaired) electrons. The molecule has 0 aliphatic rings. The third-order valence-corrected chi connectivity index (χ3v) is 3.99. The zero-order chi connectivity index (χ0) is 15.4. The van der Waals surface area contributed by atoms with Gasteiger partial charge in [-0.05, 0) is 65.4 Å². The molecule has 0 saturated heterocycles. The molecule has 0 unspecified atom stereocenters. The summed E-state index contributed by atoms with van der Waals surface area (Å²) in [6, 6.07) is 12.5. The number of hydrogen-bond donors (Lipinski definition) is 1. The fourth-order valence-corrected chi connectivity index (χ4v) is 2.53. The number of benzene rings is 2. The zero-order valence-corrected chi connectivity index (χ0v) is 13.7. The molecule has 0 aromatic heterocycles. The molecule has 0 atom stereocenters. The first-order chi connectivity index (χ1) is 10.0. The minimum absolute atomic E-state index is 0.0198. The van der Waals surface area contributed by atoms with Crippen LogP contribution in [0.15, 0.2) is 49.0 Å². The first-order valence-electron chi connectivity index (χ1n) is 6.36. The summed E-state index contributed by atoms with van der Waals surface area (Å²) in [5.41, 5.74) is 2.57. The minimum atomic E-state index is -0.182. The van der Waals surface area contributed by atoms with Crippen LogP contribution in [0.25, 0.3) is 6.08 Å². The average Bonchev–Trinajstić information content (AvgIpc) is 2.47. The van der Waals surface area contributed by atoms with Gasteiger partial charge in [-0.15, -0.1) is 0 Å². The lowest BCUT2D eigenvalue weighted by molar-refractivity contribution is 0.101. The molecule has 2 aromatic carbocycles. The van der Waals surface area contributed by atoms with Crippen LogP contribution in [-0.2, 0) is 0 Å². The molecular weight excluding hydrogens is 377 g/mol. The van der Waals surface area contributed by atoms with Crippen molar-refractivity contribution >= 4 is 46.0 Å². The highest BCUT2D eigenvalue weighted by Crippen LogP contribution is 2.21. The number of halogens is 1. The molecule has 21 heavy (non-hydrogen) atoms. The lowest BCUT2D eigenvalue weighted by Crippen LogP contribution is -2.14. The lowest BCUT2D eigenvalue weighted by Gasteiger charge is -2.10. The van der Waals surface area contributed by atoms with Gasteiger partial charge in [0.1, 0.15) is 0 Å². The van der Waals surface area contributed by atoms with Crippen LogP contribution in [0.5, 0.6) is 0 Å². The summed E-state index contributed by atoms with van der Waals surface area (Å²) in [7, 11) is 0. The van der Waals surface area contributed by atoms with Gasteiger partial charge in [0, 0.05) is 14.8 Å². The Bertz CT molecular complexity index is 722. The highest BCUT2D eigenvalue weighted by atomic mass is 127. The Balaban J connectivity index is 2.31. The molecule has 0 aliphatic carbocycles. The first-order valence-corrected chi connectivity index (χ1v) is 7.44. The molecule has 3 nitrogen and oxygen atoms in total. The van der Waals surface area contributed by atoms with Gasteiger partial charge in [-0.3, -0.25) is 9.59 Å². The summed E-state index contributed by atoms with van der Waals surface area (Å²) in [5, 5.41) is 2.86. The van der Waals surface area contributed by atoms with E-state index in [9.17, 15) is 9.59 Å². The molecule has 0 fully saturated rings. The number of hydrogen-bond acceptors (Lipinski definition) is 2. The summed E-state index contributed by atoms with van der Waals surface area (Å²) < 4.78 is 0.883. The summed E-state index contributed by atoms with van der Waals surface area (Å²) in [6.45, 7) is 5.23. The predicted molar refractivity (Wildman–Crippen MR) is 93.6 cm³/mol. The van der Waals surface area contributed by atoms with Crippen molar-refractivity contribution in [3.05, 3.63) is 69.3 Å². The van der Waals surface area contributed by atoms with Crippen LogP contribution in [-0.4, -0.2) is 11.7 Å². The topological polar surface area (TPSA) is 46.2 Å². The second kappa shape index (κ2) is 6.67. The van der Waals surface area contributed by atoms with Crippen LogP contribution < -0.4 is 5.32 Å². The molecule has 106 valence electrons. The third kappa shape index (κ3) is 3.58. The second-order valence-electron chi connectivity index (χ2n) is 4.50. The Morgan fingerprint density at radius 1 is 1.19 bits per heavy atom. The molecule has 4 heteroatoms. The number of rotatable bonds is 4. The highest BCUT2D eigenvalue weighted by Gasteiger charge is 2.12. The van der Waals surface area contributed by atoms with Crippen molar-refractivity contribution in [3.63, 3.8) is 0 Å². The Labute approximate surface area is 137 Å². The van der Waals surface area contributed by atoms with Crippen LogP contribution in [0.3, 0.4) is 0 Å². The van der Waals surface area contributed by atoms with Crippen LogP contribution in [0.2, 0.25) is 0 Å². The monoisotopic (exact) mass is 391 g/mol. The minimum Gasteiger partial charge on any atom is -0.321 e. The number of amides is 1. The van der Waals surface area contributed by atoms with E-state index < -0.39 is 0 Å². The normalized spacial score (nSPS) is 10.0. The smallest absolute Gasteiger partial charge is 0.256 e. The van der Waals surface area contributed by atoms with E-state index in [2.05, 4.69) is 34.5 Å². The van der Waals surface area contributed by atoms with Crippen molar-refractivity contribution in [2.24, 2.45) is 0 Å². The molecule has 0 bridgehead atoms. The standard InChI is InChI=1S/C17H14INO2/c1-3-12-10-13(11(2)20)8-9-16(12)19-17(21)14-6-4-5-7-15(14)18/h3-10H,1H2,2H3,(H,19,21). The largest absolute Gasteiger partial charge is 0.321 e. The molecule has 2 aromatic rings. The second-order valence-corrected chi connectivity index (χ2v) is 5.66. The Hall–Kier alpha value is -1.95. The van der Waals surface area contributed by atoms with Crippen molar-refractivity contribution in [1.29, 1.82) is 0 Å². The first kappa shape index (κ1) is 15.4. The summed E-state index contributed by atoms with van der Waals surface area (Å²) in [4.78, 5) is 23.7. The molecule has 0 spiro atoms. The fraction of sp³-hybridized carbons (Fsp3) is 0.0588. The van der Waals surface area contributed by atoms with Crippen LogP contribution in [0.1, 0.15) is 33.2 Å². The molecule has 0 aliphatic heterocycles. The number of Topliss-reactive ketones (excluding diaryl/α,β-unsaturated/α-hetero) is 1. The van der Waals surface area contributed by atoms with E-state index in [0.717, 1.165) is 9.13 Å². The number of ketones is 1. The lowest BCUT2D eigenvalue weighted by atomic mass is 10.1. The molecule has 0 heterocycles. The van der Waals surface area contributed by atoms with E-state index in [1.54, 1.807) is 30.3 Å².